The van der Waals surface area contributed by atoms with Gasteiger partial charge in [0.25, 0.3) is 0 Å². The summed E-state index contributed by atoms with van der Waals surface area (Å²) in [5.41, 5.74) is 7.16. The fourth-order valence-electron chi connectivity index (χ4n) is 4.66. The molecule has 1 fully saturated rings. The average molecular weight is 577 g/mol. The van der Waals surface area contributed by atoms with Crippen LogP contribution in [-0.4, -0.2) is 28.8 Å². The maximum Gasteiger partial charge on any atom is 0.373 e. The molecule has 0 N–H and O–H groups in total. The van der Waals surface area contributed by atoms with E-state index in [9.17, 15) is 0 Å². The molecule has 1 aliphatic heterocycles. The van der Waals surface area contributed by atoms with Crippen LogP contribution in [0.1, 0.15) is 62.8 Å². The fraction of sp³-hybridized carbons (Fsp3) is 0.462. The maximum atomic E-state index is 8.12. The first-order valence-electron chi connectivity index (χ1n) is 11.4. The van der Waals surface area contributed by atoms with Gasteiger partial charge < -0.3 is 4.90 Å². The van der Waals surface area contributed by atoms with Gasteiger partial charge in [-0.15, -0.1) is 0 Å². The van der Waals surface area contributed by atoms with Crippen molar-refractivity contribution in [1.82, 2.24) is 9.55 Å². The number of anilines is 1. The number of aromatic nitrogens is 2. The Hall–Kier alpha value is -1.95. The molecule has 1 aliphatic rings. The van der Waals surface area contributed by atoms with Crippen LogP contribution in [-0.2, 0) is 9.59 Å². The van der Waals surface area contributed by atoms with Crippen molar-refractivity contribution < 1.29 is 9.59 Å². The molecule has 0 atom stereocenters. The molecule has 0 bridgehead atoms. The number of pyridine rings is 1. The Morgan fingerprint density at radius 3 is 2.18 bits per heavy atom. The van der Waals surface area contributed by atoms with Gasteiger partial charge in [-0.3, -0.25) is 4.57 Å². The van der Waals surface area contributed by atoms with Gasteiger partial charge in [-0.2, -0.15) is 9.59 Å². The quantitative estimate of drug-likeness (QED) is 0.326. The van der Waals surface area contributed by atoms with Gasteiger partial charge in [0.05, 0.1) is 5.69 Å². The third-order valence-electron chi connectivity index (χ3n) is 6.53. The predicted molar refractivity (Wildman–Crippen MR) is 140 cm³/mol. The topological polar surface area (TPSA) is 55.2 Å². The molecule has 0 aliphatic carbocycles. The monoisotopic (exact) mass is 575 g/mol. The van der Waals surface area contributed by atoms with Crippen molar-refractivity contribution in [2.24, 2.45) is 5.92 Å². The molecule has 5 nitrogen and oxygen atoms in total. The van der Waals surface area contributed by atoms with E-state index < -0.39 is 0 Å². The van der Waals surface area contributed by atoms with E-state index in [1.54, 1.807) is 0 Å². The van der Waals surface area contributed by atoms with E-state index in [2.05, 4.69) is 100 Å². The van der Waals surface area contributed by atoms with Gasteiger partial charge in [-0.25, -0.2) is 4.98 Å². The van der Waals surface area contributed by atoms with Crippen molar-refractivity contribution in [2.75, 3.05) is 18.0 Å². The van der Waals surface area contributed by atoms with Crippen LogP contribution < -0.4 is 4.90 Å². The van der Waals surface area contributed by atoms with Crippen molar-refractivity contribution >= 4 is 54.7 Å². The number of benzene rings is 1. The van der Waals surface area contributed by atoms with E-state index in [1.165, 1.54) is 41.5 Å². The number of hydrogen-bond acceptors (Lipinski definition) is 4. The second-order valence-corrected chi connectivity index (χ2v) is 10.8. The Morgan fingerprint density at radius 1 is 1.09 bits per heavy atom. The zero-order valence-electron chi connectivity index (χ0n) is 19.9. The number of piperidine rings is 1. The lowest BCUT2D eigenvalue weighted by atomic mass is 9.94. The van der Waals surface area contributed by atoms with Crippen LogP contribution in [0.4, 0.5) is 5.69 Å². The van der Waals surface area contributed by atoms with Crippen LogP contribution in [0.5, 0.6) is 0 Å². The molecule has 0 saturated carbocycles. The van der Waals surface area contributed by atoms with Crippen LogP contribution in [0, 0.1) is 19.8 Å². The van der Waals surface area contributed by atoms with E-state index in [4.69, 9.17) is 14.6 Å². The number of aryl methyl sites for hydroxylation is 2. The molecule has 1 aromatic carbocycles. The summed E-state index contributed by atoms with van der Waals surface area (Å²) in [6.07, 6.45) is 6.35. The number of halogens is 2. The minimum atomic E-state index is 0.250. The Morgan fingerprint density at radius 2 is 1.67 bits per heavy atom. The first kappa shape index (κ1) is 25.7. The fourth-order valence-corrected chi connectivity index (χ4v) is 6.27. The third kappa shape index (κ3) is 5.42. The van der Waals surface area contributed by atoms with E-state index in [1.807, 2.05) is 0 Å². The van der Waals surface area contributed by atoms with Crippen molar-refractivity contribution in [3.05, 3.63) is 50.2 Å². The Kier molecular flexibility index (Phi) is 8.54. The summed E-state index contributed by atoms with van der Waals surface area (Å²) in [6, 6.07) is 6.74. The molecule has 0 amide bonds. The molecule has 1 saturated heterocycles. The third-order valence-corrected chi connectivity index (χ3v) is 7.74. The van der Waals surface area contributed by atoms with Crippen molar-refractivity contribution in [2.45, 2.75) is 59.8 Å². The van der Waals surface area contributed by atoms with Crippen molar-refractivity contribution in [3.63, 3.8) is 0 Å². The molecule has 0 spiro atoms. The number of carbonyl (C=O) groups excluding carboxylic acids is 2. The predicted octanol–water partition coefficient (Wildman–Crippen LogP) is 7.33. The van der Waals surface area contributed by atoms with E-state index in [-0.39, 0.29) is 6.15 Å². The Balaban J connectivity index is 0.000000968. The summed E-state index contributed by atoms with van der Waals surface area (Å²) < 4.78 is 4.43. The SMILES string of the molecule is CCC1CCN(c2cc(C)nc3c2c(C)cn3-c2c(Br)cc(C(C)C)cc2Br)CC1.O=C=O. The van der Waals surface area contributed by atoms with E-state index >= 15 is 0 Å². The van der Waals surface area contributed by atoms with Gasteiger partial charge in [0.1, 0.15) is 5.65 Å². The zero-order valence-corrected chi connectivity index (χ0v) is 23.1. The summed E-state index contributed by atoms with van der Waals surface area (Å²) in [4.78, 5) is 23.8. The molecular formula is C26H31Br2N3O2. The highest BCUT2D eigenvalue weighted by Crippen LogP contribution is 2.39. The molecule has 33 heavy (non-hydrogen) atoms. The second-order valence-electron chi connectivity index (χ2n) is 9.07. The molecule has 3 heterocycles. The first-order chi connectivity index (χ1) is 15.7. The lowest BCUT2D eigenvalue weighted by Gasteiger charge is -2.34. The highest BCUT2D eigenvalue weighted by Gasteiger charge is 2.23. The lowest BCUT2D eigenvalue weighted by Crippen LogP contribution is -2.33. The second kappa shape index (κ2) is 11.0. The number of nitrogens with zero attached hydrogens (tertiary/aromatic N) is 3. The van der Waals surface area contributed by atoms with Crippen LogP contribution in [0.15, 0.2) is 33.3 Å². The number of fused-ring (bicyclic) bond motifs is 1. The normalized spacial score (nSPS) is 14.4. The molecule has 4 rings (SSSR count). The summed E-state index contributed by atoms with van der Waals surface area (Å²) in [7, 11) is 0. The van der Waals surface area contributed by atoms with Gasteiger partial charge in [0, 0.05) is 45.0 Å². The Bertz CT molecular complexity index is 1150. The molecule has 0 radical (unpaired) electrons. The van der Waals surface area contributed by atoms with E-state index in [0.29, 0.717) is 5.92 Å². The maximum absolute atomic E-state index is 8.12. The summed E-state index contributed by atoms with van der Waals surface area (Å²) >= 11 is 7.67. The largest absolute Gasteiger partial charge is 0.373 e. The lowest BCUT2D eigenvalue weighted by molar-refractivity contribution is -0.191. The number of hydrogen-bond donors (Lipinski definition) is 0. The van der Waals surface area contributed by atoms with Gasteiger partial charge in [-0.05, 0) is 99.7 Å². The van der Waals surface area contributed by atoms with Gasteiger partial charge in [0.2, 0.25) is 0 Å². The molecule has 2 aromatic heterocycles. The Labute approximate surface area is 212 Å². The summed E-state index contributed by atoms with van der Waals surface area (Å²) in [5.74, 6) is 1.35. The number of rotatable bonds is 4. The van der Waals surface area contributed by atoms with Crippen LogP contribution in [0.2, 0.25) is 0 Å². The molecule has 0 unspecified atom stereocenters. The van der Waals surface area contributed by atoms with Crippen LogP contribution in [0.25, 0.3) is 16.7 Å². The smallest absolute Gasteiger partial charge is 0.371 e. The van der Waals surface area contributed by atoms with Gasteiger partial charge in [0.15, 0.2) is 0 Å². The van der Waals surface area contributed by atoms with E-state index in [0.717, 1.165) is 45.0 Å². The molecule has 176 valence electrons. The molecule has 7 heteroatoms. The zero-order chi connectivity index (χ0) is 24.3. The highest BCUT2D eigenvalue weighted by molar-refractivity contribution is 9.11. The van der Waals surface area contributed by atoms with Crippen LogP contribution >= 0.6 is 31.9 Å². The van der Waals surface area contributed by atoms with Gasteiger partial charge in [-0.1, -0.05) is 27.2 Å². The average Bonchev–Trinajstić information content (AvgIpc) is 3.09. The minimum Gasteiger partial charge on any atom is -0.371 e. The molecular weight excluding hydrogens is 546 g/mol. The standard InChI is InChI=1S/C25H31Br2N3.CO2/c1-6-18-7-9-29(10-8-18)22-11-17(5)28-25-23(22)16(4)14-30(25)24-20(26)12-19(15(2)3)13-21(24)27;2-1-3/h11-15,18H,6-10H2,1-5H3;. The summed E-state index contributed by atoms with van der Waals surface area (Å²) in [6.45, 7) is 13.4. The van der Waals surface area contributed by atoms with Crippen LogP contribution in [0.3, 0.4) is 0 Å². The van der Waals surface area contributed by atoms with Gasteiger partial charge >= 0.3 is 6.15 Å². The molecule has 3 aromatic rings. The highest BCUT2D eigenvalue weighted by atomic mass is 79.9. The van der Waals surface area contributed by atoms with Crippen molar-refractivity contribution in [3.8, 4) is 5.69 Å². The first-order valence-corrected chi connectivity index (χ1v) is 13.0. The minimum absolute atomic E-state index is 0.250. The van der Waals surface area contributed by atoms with Crippen molar-refractivity contribution in [1.29, 1.82) is 0 Å². The summed E-state index contributed by atoms with van der Waals surface area (Å²) in [5, 5.41) is 1.28.